The molecular formula is C14H22N4O2. The maximum Gasteiger partial charge on any atom is 0.253 e. The Morgan fingerprint density at radius 1 is 1.30 bits per heavy atom. The molecule has 6 nitrogen and oxygen atoms in total. The number of nitrogens with zero attached hydrogens (tertiary/aromatic N) is 1. The second kappa shape index (κ2) is 6.79. The fourth-order valence-electron chi connectivity index (χ4n) is 1.66. The lowest BCUT2D eigenvalue weighted by atomic mass is 10.1. The first-order chi connectivity index (χ1) is 9.31. The molecule has 0 atom stereocenters. The number of benzene rings is 1. The van der Waals surface area contributed by atoms with Crippen LogP contribution in [0.3, 0.4) is 0 Å². The van der Waals surface area contributed by atoms with E-state index in [-0.39, 0.29) is 24.4 Å². The highest BCUT2D eigenvalue weighted by Crippen LogP contribution is 2.20. The van der Waals surface area contributed by atoms with Gasteiger partial charge in [-0.1, -0.05) is 0 Å². The first-order valence-corrected chi connectivity index (χ1v) is 6.45. The van der Waals surface area contributed by atoms with Crippen molar-refractivity contribution in [2.24, 2.45) is 0 Å². The van der Waals surface area contributed by atoms with Crippen molar-refractivity contribution in [1.82, 2.24) is 10.2 Å². The molecule has 0 aromatic heterocycles. The quantitative estimate of drug-likeness (QED) is 0.699. The average Bonchev–Trinajstić information content (AvgIpc) is 2.35. The third-order valence-electron chi connectivity index (χ3n) is 2.59. The normalized spacial score (nSPS) is 10.2. The molecular weight excluding hydrogens is 256 g/mol. The Morgan fingerprint density at radius 3 is 2.45 bits per heavy atom. The lowest BCUT2D eigenvalue weighted by Crippen LogP contribution is -2.34. The summed E-state index contributed by atoms with van der Waals surface area (Å²) in [7, 11) is 3.36. The number of carbonyl (C=O) groups excluding carboxylic acids is 2. The summed E-state index contributed by atoms with van der Waals surface area (Å²) in [5, 5.41) is 5.73. The van der Waals surface area contributed by atoms with Crippen molar-refractivity contribution in [2.45, 2.75) is 19.9 Å². The molecule has 0 fully saturated rings. The van der Waals surface area contributed by atoms with Gasteiger partial charge in [-0.3, -0.25) is 9.59 Å². The van der Waals surface area contributed by atoms with E-state index in [1.807, 2.05) is 13.8 Å². The molecule has 110 valence electrons. The molecule has 0 spiro atoms. The van der Waals surface area contributed by atoms with Crippen LogP contribution >= 0.6 is 0 Å². The zero-order valence-corrected chi connectivity index (χ0v) is 12.4. The van der Waals surface area contributed by atoms with E-state index in [4.69, 9.17) is 5.73 Å². The lowest BCUT2D eigenvalue weighted by molar-refractivity contribution is -0.119. The summed E-state index contributed by atoms with van der Waals surface area (Å²) in [6.45, 7) is 3.94. The molecule has 0 saturated carbocycles. The average molecular weight is 278 g/mol. The minimum atomic E-state index is -0.110. The summed E-state index contributed by atoms with van der Waals surface area (Å²) in [5.74, 6) is -0.214. The summed E-state index contributed by atoms with van der Waals surface area (Å²) in [5.41, 5.74) is 7.48. The van der Waals surface area contributed by atoms with E-state index < -0.39 is 0 Å². The van der Waals surface area contributed by atoms with Crippen LogP contribution < -0.4 is 16.4 Å². The number of amides is 2. The number of nitrogen functional groups attached to an aromatic ring is 1. The van der Waals surface area contributed by atoms with Crippen LogP contribution in [0.5, 0.6) is 0 Å². The van der Waals surface area contributed by atoms with Gasteiger partial charge in [0.25, 0.3) is 5.91 Å². The number of carbonyl (C=O) groups is 2. The van der Waals surface area contributed by atoms with Crippen molar-refractivity contribution in [3.05, 3.63) is 23.8 Å². The first-order valence-electron chi connectivity index (χ1n) is 6.45. The number of nitrogens with one attached hydrogen (secondary N) is 2. The number of rotatable bonds is 5. The number of anilines is 2. The summed E-state index contributed by atoms with van der Waals surface area (Å²) >= 11 is 0. The highest BCUT2D eigenvalue weighted by atomic mass is 16.2. The predicted molar refractivity (Wildman–Crippen MR) is 80.6 cm³/mol. The SMILES string of the molecule is CC(C)NC(=O)CNc1ccc(C(=O)N(C)C)cc1N. The Kier molecular flexibility index (Phi) is 5.37. The fourth-order valence-corrected chi connectivity index (χ4v) is 1.66. The minimum Gasteiger partial charge on any atom is -0.397 e. The van der Waals surface area contributed by atoms with Gasteiger partial charge in [0, 0.05) is 25.7 Å². The molecule has 0 heterocycles. The molecule has 0 aliphatic heterocycles. The molecule has 0 bridgehead atoms. The Hall–Kier alpha value is -2.24. The summed E-state index contributed by atoms with van der Waals surface area (Å²) < 4.78 is 0. The van der Waals surface area contributed by atoms with Gasteiger partial charge in [-0.05, 0) is 32.0 Å². The van der Waals surface area contributed by atoms with E-state index in [0.29, 0.717) is 16.9 Å². The van der Waals surface area contributed by atoms with Gasteiger partial charge in [0.1, 0.15) is 0 Å². The highest BCUT2D eigenvalue weighted by Gasteiger charge is 2.10. The molecule has 0 aliphatic carbocycles. The van der Waals surface area contributed by atoms with E-state index in [0.717, 1.165) is 0 Å². The van der Waals surface area contributed by atoms with Gasteiger partial charge >= 0.3 is 0 Å². The number of hydrogen-bond donors (Lipinski definition) is 3. The fraction of sp³-hybridized carbons (Fsp3) is 0.429. The lowest BCUT2D eigenvalue weighted by Gasteiger charge is -2.14. The van der Waals surface area contributed by atoms with E-state index >= 15 is 0 Å². The molecule has 1 aromatic rings. The molecule has 0 unspecified atom stereocenters. The number of nitrogens with two attached hydrogens (primary N) is 1. The molecule has 2 amide bonds. The summed E-state index contributed by atoms with van der Waals surface area (Å²) in [6, 6.07) is 5.09. The first kappa shape index (κ1) is 15.8. The standard InChI is InChI=1S/C14H22N4O2/c1-9(2)17-13(19)8-16-12-6-5-10(7-11(12)15)14(20)18(3)4/h5-7,9,16H,8,15H2,1-4H3,(H,17,19). The Morgan fingerprint density at radius 2 is 1.95 bits per heavy atom. The van der Waals surface area contributed by atoms with Crippen LogP contribution in [0, 0.1) is 0 Å². The maximum absolute atomic E-state index is 11.8. The van der Waals surface area contributed by atoms with Crippen LogP contribution in [0.4, 0.5) is 11.4 Å². The Labute approximate surface area is 119 Å². The van der Waals surface area contributed by atoms with Crippen LogP contribution in [0.25, 0.3) is 0 Å². The van der Waals surface area contributed by atoms with Crippen LogP contribution in [0.2, 0.25) is 0 Å². The zero-order chi connectivity index (χ0) is 15.3. The maximum atomic E-state index is 11.8. The van der Waals surface area contributed by atoms with Gasteiger partial charge in [0.15, 0.2) is 0 Å². The molecule has 0 radical (unpaired) electrons. The Bertz CT molecular complexity index is 498. The van der Waals surface area contributed by atoms with Crippen molar-refractivity contribution in [3.8, 4) is 0 Å². The van der Waals surface area contributed by atoms with E-state index in [1.165, 1.54) is 4.90 Å². The van der Waals surface area contributed by atoms with Crippen molar-refractivity contribution in [2.75, 3.05) is 31.7 Å². The van der Waals surface area contributed by atoms with Crippen LogP contribution in [-0.2, 0) is 4.79 Å². The zero-order valence-electron chi connectivity index (χ0n) is 12.4. The van der Waals surface area contributed by atoms with Crippen LogP contribution in [-0.4, -0.2) is 43.4 Å². The molecule has 1 aromatic carbocycles. The van der Waals surface area contributed by atoms with Gasteiger partial charge < -0.3 is 21.3 Å². The topological polar surface area (TPSA) is 87.5 Å². The molecule has 20 heavy (non-hydrogen) atoms. The molecule has 4 N–H and O–H groups in total. The van der Waals surface area contributed by atoms with Crippen molar-refractivity contribution >= 4 is 23.2 Å². The van der Waals surface area contributed by atoms with Gasteiger partial charge in [-0.15, -0.1) is 0 Å². The monoisotopic (exact) mass is 278 g/mol. The van der Waals surface area contributed by atoms with Crippen molar-refractivity contribution in [1.29, 1.82) is 0 Å². The van der Waals surface area contributed by atoms with Crippen LogP contribution in [0.1, 0.15) is 24.2 Å². The van der Waals surface area contributed by atoms with E-state index in [9.17, 15) is 9.59 Å². The van der Waals surface area contributed by atoms with Gasteiger partial charge in [0.2, 0.25) is 5.91 Å². The third-order valence-corrected chi connectivity index (χ3v) is 2.59. The van der Waals surface area contributed by atoms with Crippen molar-refractivity contribution < 1.29 is 9.59 Å². The third kappa shape index (κ3) is 4.46. The molecule has 6 heteroatoms. The summed E-state index contributed by atoms with van der Waals surface area (Å²) in [6.07, 6.45) is 0. The smallest absolute Gasteiger partial charge is 0.253 e. The second-order valence-corrected chi connectivity index (χ2v) is 5.08. The van der Waals surface area contributed by atoms with Gasteiger partial charge in [0.05, 0.1) is 17.9 Å². The van der Waals surface area contributed by atoms with E-state index in [2.05, 4.69) is 10.6 Å². The molecule has 0 aliphatic rings. The highest BCUT2D eigenvalue weighted by molar-refractivity contribution is 5.96. The predicted octanol–water partition coefficient (Wildman–Crippen LogP) is 0.907. The minimum absolute atomic E-state index is 0.0988. The van der Waals surface area contributed by atoms with Gasteiger partial charge in [-0.25, -0.2) is 0 Å². The van der Waals surface area contributed by atoms with Crippen molar-refractivity contribution in [3.63, 3.8) is 0 Å². The van der Waals surface area contributed by atoms with E-state index in [1.54, 1.807) is 32.3 Å². The molecule has 0 saturated heterocycles. The number of hydrogen-bond acceptors (Lipinski definition) is 4. The van der Waals surface area contributed by atoms with Gasteiger partial charge in [-0.2, -0.15) is 0 Å². The van der Waals surface area contributed by atoms with Crippen LogP contribution in [0.15, 0.2) is 18.2 Å². The Balaban J connectivity index is 2.69. The second-order valence-electron chi connectivity index (χ2n) is 5.08. The largest absolute Gasteiger partial charge is 0.397 e. The molecule has 1 rings (SSSR count). The summed E-state index contributed by atoms with van der Waals surface area (Å²) in [4.78, 5) is 24.8.